The maximum Gasteiger partial charge on any atom is 0.417 e. The van der Waals surface area contributed by atoms with Gasteiger partial charge in [0, 0.05) is 11.8 Å². The Labute approximate surface area is 138 Å². The molecule has 0 atom stereocenters. The maximum atomic E-state index is 12.5. The van der Waals surface area contributed by atoms with Crippen LogP contribution in [-0.2, 0) is 12.6 Å². The molecule has 1 heterocycles. The van der Waals surface area contributed by atoms with Crippen molar-refractivity contribution in [3.05, 3.63) is 58.3 Å². The molecule has 0 saturated carbocycles. The van der Waals surface area contributed by atoms with Gasteiger partial charge < -0.3 is 0 Å². The fourth-order valence-corrected chi connectivity index (χ4v) is 3.02. The quantitative estimate of drug-likeness (QED) is 0.796. The highest BCUT2D eigenvalue weighted by atomic mass is 19.4. The van der Waals surface area contributed by atoms with Gasteiger partial charge >= 0.3 is 6.18 Å². The second-order valence-corrected chi connectivity index (χ2v) is 6.06. The molecular weight excluding hydrogens is 315 g/mol. The molecular formula is C18H18F3N3. The lowest BCUT2D eigenvalue weighted by Gasteiger charge is -2.20. The molecule has 6 heteroatoms. The van der Waals surface area contributed by atoms with Crippen molar-refractivity contribution in [3.8, 4) is 0 Å². The van der Waals surface area contributed by atoms with E-state index in [-0.39, 0.29) is 0 Å². The SMILES string of the molecule is Cc1cc(C)c2c(c1)/C(=N/Nc1ccc(C(F)(F)F)cn1)CCC2. The molecule has 1 aromatic heterocycles. The van der Waals surface area contributed by atoms with Gasteiger partial charge in [-0.3, -0.25) is 5.43 Å². The normalized spacial score (nSPS) is 16.1. The Kier molecular flexibility index (Phi) is 4.30. The summed E-state index contributed by atoms with van der Waals surface area (Å²) in [5.41, 5.74) is 7.79. The van der Waals surface area contributed by atoms with Crippen molar-refractivity contribution >= 4 is 11.5 Å². The van der Waals surface area contributed by atoms with E-state index in [0.717, 1.165) is 42.8 Å². The molecule has 3 rings (SSSR count). The predicted octanol–water partition coefficient (Wildman–Crippen LogP) is 4.87. The lowest BCUT2D eigenvalue weighted by atomic mass is 9.86. The number of alkyl halides is 3. The monoisotopic (exact) mass is 333 g/mol. The summed E-state index contributed by atoms with van der Waals surface area (Å²) in [6.45, 7) is 4.14. The van der Waals surface area contributed by atoms with Crippen LogP contribution in [0.1, 0.15) is 40.7 Å². The largest absolute Gasteiger partial charge is 0.417 e. The number of aromatic nitrogens is 1. The molecule has 1 aliphatic carbocycles. The van der Waals surface area contributed by atoms with E-state index in [1.807, 2.05) is 6.92 Å². The van der Waals surface area contributed by atoms with E-state index >= 15 is 0 Å². The zero-order valence-corrected chi connectivity index (χ0v) is 13.5. The summed E-state index contributed by atoms with van der Waals surface area (Å²) < 4.78 is 37.6. The minimum Gasteiger partial charge on any atom is -0.261 e. The van der Waals surface area contributed by atoms with Gasteiger partial charge in [0.25, 0.3) is 0 Å². The van der Waals surface area contributed by atoms with Crippen LogP contribution < -0.4 is 5.43 Å². The van der Waals surface area contributed by atoms with Crippen LogP contribution >= 0.6 is 0 Å². The Morgan fingerprint density at radius 3 is 2.58 bits per heavy atom. The molecule has 126 valence electrons. The highest BCUT2D eigenvalue weighted by molar-refractivity contribution is 6.03. The summed E-state index contributed by atoms with van der Waals surface area (Å²) in [7, 11) is 0. The van der Waals surface area contributed by atoms with Gasteiger partial charge in [-0.25, -0.2) is 4.98 Å². The Hall–Kier alpha value is -2.37. The van der Waals surface area contributed by atoms with E-state index < -0.39 is 11.7 Å². The number of hydrogen-bond acceptors (Lipinski definition) is 3. The van der Waals surface area contributed by atoms with Crippen LogP contribution in [0.4, 0.5) is 19.0 Å². The van der Waals surface area contributed by atoms with Gasteiger partial charge in [0.2, 0.25) is 0 Å². The molecule has 0 unspecified atom stereocenters. The van der Waals surface area contributed by atoms with Gasteiger partial charge in [0.15, 0.2) is 0 Å². The second-order valence-electron chi connectivity index (χ2n) is 6.06. The average Bonchev–Trinajstić information content (AvgIpc) is 2.52. The van der Waals surface area contributed by atoms with Crippen molar-refractivity contribution in [3.63, 3.8) is 0 Å². The second kappa shape index (κ2) is 6.26. The first-order valence-electron chi connectivity index (χ1n) is 7.81. The van der Waals surface area contributed by atoms with E-state index in [9.17, 15) is 13.2 Å². The van der Waals surface area contributed by atoms with Gasteiger partial charge in [0.05, 0.1) is 11.3 Å². The van der Waals surface area contributed by atoms with Gasteiger partial charge in [-0.2, -0.15) is 18.3 Å². The molecule has 0 saturated heterocycles. The van der Waals surface area contributed by atoms with Crippen LogP contribution in [0.3, 0.4) is 0 Å². The lowest BCUT2D eigenvalue weighted by Crippen LogP contribution is -2.15. The Balaban J connectivity index is 1.84. The number of fused-ring (bicyclic) bond motifs is 1. The Bertz CT molecular complexity index is 777. The number of pyridine rings is 1. The first kappa shape index (κ1) is 16.5. The third-order valence-corrected chi connectivity index (χ3v) is 4.16. The van der Waals surface area contributed by atoms with E-state index in [0.29, 0.717) is 5.82 Å². The van der Waals surface area contributed by atoms with E-state index in [2.05, 4.69) is 34.6 Å². The van der Waals surface area contributed by atoms with E-state index in [1.165, 1.54) is 22.8 Å². The average molecular weight is 333 g/mol. The van der Waals surface area contributed by atoms with Crippen molar-refractivity contribution in [2.24, 2.45) is 5.10 Å². The van der Waals surface area contributed by atoms with Gasteiger partial charge in [-0.15, -0.1) is 0 Å². The fourth-order valence-electron chi connectivity index (χ4n) is 3.02. The van der Waals surface area contributed by atoms with E-state index in [1.54, 1.807) is 0 Å². The van der Waals surface area contributed by atoms with Crippen LogP contribution in [0.25, 0.3) is 0 Å². The number of nitrogens with one attached hydrogen (secondary N) is 1. The third kappa shape index (κ3) is 3.42. The van der Waals surface area contributed by atoms with Crippen LogP contribution in [0.15, 0.2) is 35.6 Å². The van der Waals surface area contributed by atoms with Crippen LogP contribution in [0, 0.1) is 13.8 Å². The molecule has 0 radical (unpaired) electrons. The summed E-state index contributed by atoms with van der Waals surface area (Å²) in [5, 5.41) is 4.39. The van der Waals surface area contributed by atoms with Gasteiger partial charge in [-0.05, 0) is 62.4 Å². The summed E-state index contributed by atoms with van der Waals surface area (Å²) in [4.78, 5) is 3.78. The van der Waals surface area contributed by atoms with Crippen LogP contribution in [0.5, 0.6) is 0 Å². The molecule has 0 fully saturated rings. The highest BCUT2D eigenvalue weighted by Crippen LogP contribution is 2.29. The molecule has 0 spiro atoms. The molecule has 0 bridgehead atoms. The number of halogens is 3. The maximum absolute atomic E-state index is 12.5. The first-order valence-corrected chi connectivity index (χ1v) is 7.81. The zero-order valence-electron chi connectivity index (χ0n) is 13.5. The van der Waals surface area contributed by atoms with Crippen molar-refractivity contribution in [2.45, 2.75) is 39.3 Å². The number of anilines is 1. The summed E-state index contributed by atoms with van der Waals surface area (Å²) in [6, 6.07) is 6.56. The van der Waals surface area contributed by atoms with Crippen molar-refractivity contribution in [1.29, 1.82) is 0 Å². The number of benzene rings is 1. The Morgan fingerprint density at radius 1 is 1.12 bits per heavy atom. The number of aryl methyl sites for hydroxylation is 2. The summed E-state index contributed by atoms with van der Waals surface area (Å²) in [5.74, 6) is 0.298. The molecule has 2 aromatic rings. The Morgan fingerprint density at radius 2 is 1.92 bits per heavy atom. The molecule has 1 aliphatic rings. The first-order chi connectivity index (χ1) is 11.3. The topological polar surface area (TPSA) is 37.3 Å². The third-order valence-electron chi connectivity index (χ3n) is 4.16. The molecule has 1 N–H and O–H groups in total. The molecule has 0 aliphatic heterocycles. The van der Waals surface area contributed by atoms with Gasteiger partial charge in [-0.1, -0.05) is 11.6 Å². The fraction of sp³-hybridized carbons (Fsp3) is 0.333. The smallest absolute Gasteiger partial charge is 0.261 e. The van der Waals surface area contributed by atoms with Gasteiger partial charge in [0.1, 0.15) is 5.82 Å². The molecule has 0 amide bonds. The number of rotatable bonds is 2. The molecule has 1 aromatic carbocycles. The number of hydrogen-bond donors (Lipinski definition) is 1. The predicted molar refractivity (Wildman–Crippen MR) is 88.3 cm³/mol. The minimum absolute atomic E-state index is 0.298. The highest BCUT2D eigenvalue weighted by Gasteiger charge is 2.30. The standard InChI is InChI=1S/C18H18F3N3/c1-11-8-12(2)14-4-3-5-16(15(14)9-11)23-24-17-7-6-13(10-22-17)18(19,20)21/h6-10H,3-5H2,1-2H3,(H,22,24)/b23-16+. The lowest BCUT2D eigenvalue weighted by molar-refractivity contribution is -0.137. The van der Waals surface area contributed by atoms with E-state index in [4.69, 9.17) is 0 Å². The van der Waals surface area contributed by atoms with Crippen molar-refractivity contribution in [2.75, 3.05) is 5.43 Å². The summed E-state index contributed by atoms with van der Waals surface area (Å²) >= 11 is 0. The number of hydrazone groups is 1. The molecule has 3 nitrogen and oxygen atoms in total. The number of nitrogens with zero attached hydrogens (tertiary/aromatic N) is 2. The minimum atomic E-state index is -4.38. The van der Waals surface area contributed by atoms with Crippen LogP contribution in [-0.4, -0.2) is 10.7 Å². The summed E-state index contributed by atoms with van der Waals surface area (Å²) in [6.07, 6.45) is -0.694. The van der Waals surface area contributed by atoms with Crippen molar-refractivity contribution in [1.82, 2.24) is 4.98 Å². The van der Waals surface area contributed by atoms with Crippen LogP contribution in [0.2, 0.25) is 0 Å². The zero-order chi connectivity index (χ0) is 17.3. The van der Waals surface area contributed by atoms with Crippen molar-refractivity contribution < 1.29 is 13.2 Å². The molecule has 24 heavy (non-hydrogen) atoms.